The first-order valence-corrected chi connectivity index (χ1v) is 6.37. The lowest BCUT2D eigenvalue weighted by Gasteiger charge is -2.20. The van der Waals surface area contributed by atoms with Gasteiger partial charge >= 0.3 is 0 Å². The standard InChI is InChI=1S/C15H22O2/c1-15(2,3)13-5-4-6-14(9-13)17-11-12-7-8-16-10-12/h4-6,9,12H,7-8,10-11H2,1-3H3. The molecule has 1 aromatic carbocycles. The molecule has 0 bridgehead atoms. The Balaban J connectivity index is 1.96. The van der Waals surface area contributed by atoms with Crippen LogP contribution in [0.15, 0.2) is 24.3 Å². The summed E-state index contributed by atoms with van der Waals surface area (Å²) < 4.78 is 11.2. The molecular weight excluding hydrogens is 212 g/mol. The SMILES string of the molecule is CC(C)(C)c1cccc(OCC2CCOC2)c1. The van der Waals surface area contributed by atoms with Gasteiger partial charge < -0.3 is 9.47 Å². The van der Waals surface area contributed by atoms with Crippen molar-refractivity contribution in [3.05, 3.63) is 29.8 Å². The second kappa shape index (κ2) is 5.09. The lowest BCUT2D eigenvalue weighted by atomic mass is 9.87. The normalized spacial score (nSPS) is 20.5. The highest BCUT2D eigenvalue weighted by Gasteiger charge is 2.17. The quantitative estimate of drug-likeness (QED) is 0.798. The number of hydrogen-bond acceptors (Lipinski definition) is 2. The minimum atomic E-state index is 0.176. The molecule has 2 nitrogen and oxygen atoms in total. The van der Waals surface area contributed by atoms with Crippen molar-refractivity contribution in [1.29, 1.82) is 0 Å². The minimum Gasteiger partial charge on any atom is -0.493 e. The Bertz CT molecular complexity index is 359. The van der Waals surface area contributed by atoms with E-state index in [1.54, 1.807) is 0 Å². The van der Waals surface area contributed by atoms with Crippen molar-refractivity contribution in [2.24, 2.45) is 5.92 Å². The summed E-state index contributed by atoms with van der Waals surface area (Å²) >= 11 is 0. The summed E-state index contributed by atoms with van der Waals surface area (Å²) in [5.74, 6) is 1.54. The van der Waals surface area contributed by atoms with Gasteiger partial charge in [-0.05, 0) is 29.5 Å². The summed E-state index contributed by atoms with van der Waals surface area (Å²) in [6.07, 6.45) is 1.12. The lowest BCUT2D eigenvalue weighted by molar-refractivity contribution is 0.167. The Kier molecular flexibility index (Phi) is 3.72. The average Bonchev–Trinajstić information content (AvgIpc) is 2.78. The molecule has 1 unspecified atom stereocenters. The van der Waals surface area contributed by atoms with E-state index >= 15 is 0 Å². The van der Waals surface area contributed by atoms with E-state index < -0.39 is 0 Å². The molecule has 1 atom stereocenters. The first kappa shape index (κ1) is 12.4. The highest BCUT2D eigenvalue weighted by molar-refractivity contribution is 5.32. The van der Waals surface area contributed by atoms with Crippen LogP contribution in [0.4, 0.5) is 0 Å². The highest BCUT2D eigenvalue weighted by atomic mass is 16.5. The fraction of sp³-hybridized carbons (Fsp3) is 0.600. The summed E-state index contributed by atoms with van der Waals surface area (Å²) in [7, 11) is 0. The average molecular weight is 234 g/mol. The zero-order valence-electron chi connectivity index (χ0n) is 11.0. The highest BCUT2D eigenvalue weighted by Crippen LogP contribution is 2.26. The van der Waals surface area contributed by atoms with Crippen molar-refractivity contribution >= 4 is 0 Å². The predicted octanol–water partition coefficient (Wildman–Crippen LogP) is 3.40. The van der Waals surface area contributed by atoms with Crippen molar-refractivity contribution in [3.63, 3.8) is 0 Å². The summed E-state index contributed by atoms with van der Waals surface area (Å²) in [5, 5.41) is 0. The molecule has 1 aliphatic heterocycles. The van der Waals surface area contributed by atoms with Gasteiger partial charge in [-0.3, -0.25) is 0 Å². The molecule has 17 heavy (non-hydrogen) atoms. The van der Waals surface area contributed by atoms with Crippen LogP contribution < -0.4 is 4.74 Å². The third kappa shape index (κ3) is 3.47. The van der Waals surface area contributed by atoms with E-state index in [2.05, 4.69) is 39.0 Å². The van der Waals surface area contributed by atoms with Crippen molar-refractivity contribution in [1.82, 2.24) is 0 Å². The Morgan fingerprint density at radius 3 is 2.82 bits per heavy atom. The molecule has 94 valence electrons. The van der Waals surface area contributed by atoms with Crippen molar-refractivity contribution in [3.8, 4) is 5.75 Å². The molecule has 0 aromatic heterocycles. The molecule has 2 rings (SSSR count). The van der Waals surface area contributed by atoms with Crippen molar-refractivity contribution in [2.45, 2.75) is 32.6 Å². The summed E-state index contributed by atoms with van der Waals surface area (Å²) in [4.78, 5) is 0. The summed E-state index contributed by atoms with van der Waals surface area (Å²) in [5.41, 5.74) is 1.49. The summed E-state index contributed by atoms with van der Waals surface area (Å²) in [6.45, 7) is 9.16. The van der Waals surface area contributed by atoms with E-state index in [-0.39, 0.29) is 5.41 Å². The third-order valence-corrected chi connectivity index (χ3v) is 3.21. The number of hydrogen-bond donors (Lipinski definition) is 0. The van der Waals surface area contributed by atoms with Crippen LogP contribution >= 0.6 is 0 Å². The van der Waals surface area contributed by atoms with E-state index in [0.29, 0.717) is 5.92 Å². The van der Waals surface area contributed by atoms with Crippen LogP contribution in [0, 0.1) is 5.92 Å². The maximum absolute atomic E-state index is 5.85. The molecule has 0 aliphatic carbocycles. The van der Waals surface area contributed by atoms with E-state index in [4.69, 9.17) is 9.47 Å². The van der Waals surface area contributed by atoms with Gasteiger partial charge in [0.2, 0.25) is 0 Å². The smallest absolute Gasteiger partial charge is 0.119 e. The molecule has 0 radical (unpaired) electrons. The van der Waals surface area contributed by atoms with Crippen LogP contribution in [0.2, 0.25) is 0 Å². The van der Waals surface area contributed by atoms with E-state index in [1.807, 2.05) is 6.07 Å². The fourth-order valence-corrected chi connectivity index (χ4v) is 1.98. The zero-order valence-corrected chi connectivity index (χ0v) is 11.0. The molecule has 0 N–H and O–H groups in total. The first-order valence-electron chi connectivity index (χ1n) is 6.37. The largest absolute Gasteiger partial charge is 0.493 e. The number of ether oxygens (including phenoxy) is 2. The predicted molar refractivity (Wildman–Crippen MR) is 69.6 cm³/mol. The molecule has 1 saturated heterocycles. The van der Waals surface area contributed by atoms with E-state index in [0.717, 1.165) is 32.0 Å². The topological polar surface area (TPSA) is 18.5 Å². The van der Waals surface area contributed by atoms with Gasteiger partial charge in [0.25, 0.3) is 0 Å². The Morgan fingerprint density at radius 2 is 2.18 bits per heavy atom. The number of benzene rings is 1. The van der Waals surface area contributed by atoms with E-state index in [9.17, 15) is 0 Å². The van der Waals surface area contributed by atoms with Crippen LogP contribution in [-0.2, 0) is 10.2 Å². The molecule has 1 heterocycles. The molecule has 1 aromatic rings. The first-order chi connectivity index (χ1) is 8.05. The van der Waals surface area contributed by atoms with Crippen LogP contribution in [0.1, 0.15) is 32.8 Å². The van der Waals surface area contributed by atoms with E-state index in [1.165, 1.54) is 5.56 Å². The zero-order chi connectivity index (χ0) is 12.3. The molecular formula is C15H22O2. The summed E-state index contributed by atoms with van der Waals surface area (Å²) in [6, 6.07) is 8.41. The second-order valence-corrected chi connectivity index (χ2v) is 5.82. The number of rotatable bonds is 3. The minimum absolute atomic E-state index is 0.176. The molecule has 0 spiro atoms. The van der Waals surface area contributed by atoms with Crippen molar-refractivity contribution in [2.75, 3.05) is 19.8 Å². The third-order valence-electron chi connectivity index (χ3n) is 3.21. The molecule has 1 fully saturated rings. The van der Waals surface area contributed by atoms with Crippen LogP contribution in [0.25, 0.3) is 0 Å². The van der Waals surface area contributed by atoms with Gasteiger partial charge in [0, 0.05) is 12.5 Å². The van der Waals surface area contributed by atoms with Gasteiger partial charge in [-0.1, -0.05) is 32.9 Å². The van der Waals surface area contributed by atoms with Crippen LogP contribution in [0.3, 0.4) is 0 Å². The van der Waals surface area contributed by atoms with Gasteiger partial charge in [0.05, 0.1) is 13.2 Å². The second-order valence-electron chi connectivity index (χ2n) is 5.82. The fourth-order valence-electron chi connectivity index (χ4n) is 1.98. The lowest BCUT2D eigenvalue weighted by Crippen LogP contribution is -2.13. The van der Waals surface area contributed by atoms with Gasteiger partial charge in [0.15, 0.2) is 0 Å². The van der Waals surface area contributed by atoms with Crippen LogP contribution in [0.5, 0.6) is 5.75 Å². The molecule has 2 heteroatoms. The van der Waals surface area contributed by atoms with Gasteiger partial charge in [-0.15, -0.1) is 0 Å². The van der Waals surface area contributed by atoms with Gasteiger partial charge in [-0.25, -0.2) is 0 Å². The van der Waals surface area contributed by atoms with Crippen molar-refractivity contribution < 1.29 is 9.47 Å². The van der Waals surface area contributed by atoms with Gasteiger partial charge in [-0.2, -0.15) is 0 Å². The molecule has 0 amide bonds. The van der Waals surface area contributed by atoms with Gasteiger partial charge in [0.1, 0.15) is 5.75 Å². The van der Waals surface area contributed by atoms with Crippen LogP contribution in [-0.4, -0.2) is 19.8 Å². The monoisotopic (exact) mass is 234 g/mol. The maximum Gasteiger partial charge on any atom is 0.119 e. The molecule has 1 aliphatic rings. The maximum atomic E-state index is 5.85. The Morgan fingerprint density at radius 1 is 1.35 bits per heavy atom. The Hall–Kier alpha value is -1.02. The Labute approximate surface area is 104 Å². The molecule has 0 saturated carbocycles.